The Morgan fingerprint density at radius 1 is 1.06 bits per heavy atom. The molecular formula is C26H27FN4O3. The van der Waals surface area contributed by atoms with Gasteiger partial charge in [-0.1, -0.05) is 31.7 Å². The smallest absolute Gasteiger partial charge is 0.252 e. The predicted molar refractivity (Wildman–Crippen MR) is 128 cm³/mol. The zero-order valence-corrected chi connectivity index (χ0v) is 18.6. The van der Waals surface area contributed by atoms with Crippen LogP contribution in [0.2, 0.25) is 0 Å². The van der Waals surface area contributed by atoms with E-state index in [1.807, 2.05) is 0 Å². The molecule has 1 aliphatic rings. The lowest BCUT2D eigenvalue weighted by Crippen LogP contribution is -2.44. The topological polar surface area (TPSA) is 103 Å². The van der Waals surface area contributed by atoms with E-state index in [1.54, 1.807) is 36.4 Å². The molecule has 34 heavy (non-hydrogen) atoms. The van der Waals surface area contributed by atoms with Crippen molar-refractivity contribution >= 4 is 28.9 Å². The number of phenolic OH excluding ortho intramolecular Hbond substituents is 1. The summed E-state index contributed by atoms with van der Waals surface area (Å²) in [6.07, 6.45) is 7.47. The standard InChI is InChI=1S/C26H27FN4O3/c27-22-16-28-13-12-23(22)29-20-7-3-6-18(15-20)25(33)31-24(14-17-4-1-2-5-17)26(34)30-19-8-10-21(32)11-9-19/h3,6-13,15-17,24,32H,1-2,4-5,14H2,(H,28,29)(H,30,34)(H,31,33)/t24-/m0/s1. The number of nitrogens with zero attached hydrogens (tertiary/aromatic N) is 1. The van der Waals surface area contributed by atoms with E-state index in [0.29, 0.717) is 29.3 Å². The van der Waals surface area contributed by atoms with E-state index in [0.717, 1.165) is 31.9 Å². The SMILES string of the molecule is O=C(N[C@@H](CC1CCCC1)C(=O)Nc1ccc(O)cc1)c1cccc(Nc2ccncc2F)c1. The van der Waals surface area contributed by atoms with Crippen molar-refractivity contribution in [1.29, 1.82) is 0 Å². The second kappa shape index (κ2) is 10.8. The van der Waals surface area contributed by atoms with Gasteiger partial charge in [-0.3, -0.25) is 14.6 Å². The number of carbonyl (C=O) groups is 2. The molecule has 3 aromatic rings. The number of anilines is 3. The highest BCUT2D eigenvalue weighted by molar-refractivity contribution is 6.01. The van der Waals surface area contributed by atoms with Crippen LogP contribution in [0.4, 0.5) is 21.5 Å². The van der Waals surface area contributed by atoms with Gasteiger partial charge < -0.3 is 21.1 Å². The van der Waals surface area contributed by atoms with Crippen LogP contribution in [-0.4, -0.2) is 27.9 Å². The lowest BCUT2D eigenvalue weighted by molar-refractivity contribution is -0.118. The minimum Gasteiger partial charge on any atom is -0.508 e. The summed E-state index contributed by atoms with van der Waals surface area (Å²) in [7, 11) is 0. The first-order valence-electron chi connectivity index (χ1n) is 11.4. The average molecular weight is 463 g/mol. The molecule has 4 N–H and O–H groups in total. The quantitative estimate of drug-likeness (QED) is 0.353. The largest absolute Gasteiger partial charge is 0.508 e. The summed E-state index contributed by atoms with van der Waals surface area (Å²) < 4.78 is 13.9. The van der Waals surface area contributed by atoms with Crippen LogP contribution in [0.25, 0.3) is 0 Å². The number of aromatic hydroxyl groups is 1. The van der Waals surface area contributed by atoms with Crippen LogP contribution in [0, 0.1) is 11.7 Å². The first-order valence-corrected chi connectivity index (χ1v) is 11.4. The Labute approximate surface area is 197 Å². The fraction of sp³-hybridized carbons (Fsp3) is 0.269. The van der Waals surface area contributed by atoms with Crippen LogP contribution in [0.15, 0.2) is 67.0 Å². The Kier molecular flexibility index (Phi) is 7.37. The summed E-state index contributed by atoms with van der Waals surface area (Å²) in [5.41, 5.74) is 1.69. The molecule has 1 fully saturated rings. The van der Waals surface area contributed by atoms with Gasteiger partial charge in [0.05, 0.1) is 11.9 Å². The molecule has 4 rings (SSSR count). The van der Waals surface area contributed by atoms with Gasteiger partial charge in [0.2, 0.25) is 5.91 Å². The molecule has 1 aliphatic carbocycles. The highest BCUT2D eigenvalue weighted by Crippen LogP contribution is 2.29. The van der Waals surface area contributed by atoms with Gasteiger partial charge in [-0.2, -0.15) is 0 Å². The number of pyridine rings is 1. The molecule has 8 heteroatoms. The lowest BCUT2D eigenvalue weighted by Gasteiger charge is -2.22. The lowest BCUT2D eigenvalue weighted by atomic mass is 9.97. The number of rotatable bonds is 8. The van der Waals surface area contributed by atoms with Gasteiger partial charge in [0.15, 0.2) is 5.82 Å². The average Bonchev–Trinajstić information content (AvgIpc) is 3.35. The molecule has 0 saturated heterocycles. The summed E-state index contributed by atoms with van der Waals surface area (Å²) in [5.74, 6) is -0.714. The molecule has 0 unspecified atom stereocenters. The van der Waals surface area contributed by atoms with E-state index in [-0.39, 0.29) is 23.3 Å². The van der Waals surface area contributed by atoms with Gasteiger partial charge in [0.25, 0.3) is 5.91 Å². The van der Waals surface area contributed by atoms with Gasteiger partial charge in [-0.15, -0.1) is 0 Å². The molecule has 0 aliphatic heterocycles. The van der Waals surface area contributed by atoms with E-state index in [2.05, 4.69) is 20.9 Å². The van der Waals surface area contributed by atoms with Crippen LogP contribution < -0.4 is 16.0 Å². The van der Waals surface area contributed by atoms with Crippen LogP contribution in [0.3, 0.4) is 0 Å². The Bertz CT molecular complexity index is 1150. The molecule has 2 aromatic carbocycles. The molecule has 0 bridgehead atoms. The maximum atomic E-state index is 13.9. The van der Waals surface area contributed by atoms with Crippen LogP contribution in [0.1, 0.15) is 42.5 Å². The Hall–Kier alpha value is -3.94. The first kappa shape index (κ1) is 23.2. The minimum absolute atomic E-state index is 0.106. The number of aromatic nitrogens is 1. The van der Waals surface area contributed by atoms with E-state index < -0.39 is 11.9 Å². The highest BCUT2D eigenvalue weighted by Gasteiger charge is 2.27. The number of carbonyl (C=O) groups excluding carboxylic acids is 2. The summed E-state index contributed by atoms with van der Waals surface area (Å²) >= 11 is 0. The van der Waals surface area contributed by atoms with E-state index in [4.69, 9.17) is 0 Å². The molecule has 176 valence electrons. The van der Waals surface area contributed by atoms with Crippen molar-refractivity contribution in [2.24, 2.45) is 5.92 Å². The summed E-state index contributed by atoms with van der Waals surface area (Å²) in [4.78, 5) is 29.8. The summed E-state index contributed by atoms with van der Waals surface area (Å²) in [6, 6.07) is 13.7. The third kappa shape index (κ3) is 6.10. The third-order valence-electron chi connectivity index (χ3n) is 5.98. The number of halogens is 1. The first-order chi connectivity index (χ1) is 16.5. The zero-order chi connectivity index (χ0) is 23.9. The Morgan fingerprint density at radius 3 is 2.56 bits per heavy atom. The molecule has 1 saturated carbocycles. The number of benzene rings is 2. The maximum absolute atomic E-state index is 13.9. The van der Waals surface area contributed by atoms with Gasteiger partial charge in [-0.25, -0.2) is 4.39 Å². The Balaban J connectivity index is 1.47. The maximum Gasteiger partial charge on any atom is 0.252 e. The monoisotopic (exact) mass is 462 g/mol. The number of amides is 2. The summed E-state index contributed by atoms with van der Waals surface area (Å²) in [5, 5.41) is 18.1. The molecule has 1 heterocycles. The number of phenols is 1. The van der Waals surface area contributed by atoms with Gasteiger partial charge in [0.1, 0.15) is 11.8 Å². The summed E-state index contributed by atoms with van der Waals surface area (Å²) in [6.45, 7) is 0. The van der Waals surface area contributed by atoms with Crippen LogP contribution >= 0.6 is 0 Å². The molecular weight excluding hydrogens is 435 g/mol. The van der Waals surface area contributed by atoms with E-state index >= 15 is 0 Å². The van der Waals surface area contributed by atoms with Gasteiger partial charge >= 0.3 is 0 Å². The van der Waals surface area contributed by atoms with Crippen molar-refractivity contribution in [2.45, 2.75) is 38.1 Å². The van der Waals surface area contributed by atoms with E-state index in [9.17, 15) is 19.1 Å². The number of nitrogens with one attached hydrogen (secondary N) is 3. The number of hydrogen-bond acceptors (Lipinski definition) is 5. The highest BCUT2D eigenvalue weighted by atomic mass is 19.1. The molecule has 1 atom stereocenters. The number of hydrogen-bond donors (Lipinski definition) is 4. The second-order valence-corrected chi connectivity index (χ2v) is 8.51. The van der Waals surface area contributed by atoms with Crippen molar-refractivity contribution in [3.8, 4) is 5.75 Å². The molecule has 7 nitrogen and oxygen atoms in total. The normalized spacial score (nSPS) is 14.4. The van der Waals surface area contributed by atoms with Crippen molar-refractivity contribution in [1.82, 2.24) is 10.3 Å². The van der Waals surface area contributed by atoms with Crippen molar-refractivity contribution in [3.05, 3.63) is 78.4 Å². The Morgan fingerprint density at radius 2 is 1.82 bits per heavy atom. The fourth-order valence-corrected chi connectivity index (χ4v) is 4.20. The van der Waals surface area contributed by atoms with Crippen LogP contribution in [-0.2, 0) is 4.79 Å². The van der Waals surface area contributed by atoms with Crippen LogP contribution in [0.5, 0.6) is 5.75 Å². The van der Waals surface area contributed by atoms with Gasteiger partial charge in [-0.05, 0) is 60.9 Å². The third-order valence-corrected chi connectivity index (χ3v) is 5.98. The predicted octanol–water partition coefficient (Wildman–Crippen LogP) is 4.99. The molecule has 2 amide bonds. The molecule has 1 aromatic heterocycles. The zero-order valence-electron chi connectivity index (χ0n) is 18.6. The molecule has 0 radical (unpaired) electrons. The van der Waals surface area contributed by atoms with Crippen molar-refractivity contribution in [2.75, 3.05) is 10.6 Å². The second-order valence-electron chi connectivity index (χ2n) is 8.51. The van der Waals surface area contributed by atoms with Crippen molar-refractivity contribution in [3.63, 3.8) is 0 Å². The van der Waals surface area contributed by atoms with E-state index in [1.165, 1.54) is 24.4 Å². The molecule has 0 spiro atoms. The van der Waals surface area contributed by atoms with Gasteiger partial charge in [0, 0.05) is 23.1 Å². The minimum atomic E-state index is -0.710. The van der Waals surface area contributed by atoms with Crippen molar-refractivity contribution < 1.29 is 19.1 Å². The fourth-order valence-electron chi connectivity index (χ4n) is 4.20.